The molecule has 1 saturated heterocycles. The number of carbonyl (C=O) groups excluding carboxylic acids is 2. The minimum atomic E-state index is -0.927. The highest BCUT2D eigenvalue weighted by atomic mass is 19.1. The number of hydrogen-bond donors (Lipinski definition) is 2. The van der Waals surface area contributed by atoms with E-state index in [-0.39, 0.29) is 23.8 Å². The van der Waals surface area contributed by atoms with E-state index in [9.17, 15) is 18.4 Å². The Kier molecular flexibility index (Phi) is 5.60. The van der Waals surface area contributed by atoms with Gasteiger partial charge in [0.25, 0.3) is 0 Å². The Bertz CT molecular complexity index is 972. The van der Waals surface area contributed by atoms with Gasteiger partial charge in [0.05, 0.1) is 12.1 Å². The zero-order chi connectivity index (χ0) is 21.1. The van der Waals surface area contributed by atoms with Crippen molar-refractivity contribution in [3.8, 4) is 0 Å². The summed E-state index contributed by atoms with van der Waals surface area (Å²) in [5.41, 5.74) is 0.978. The number of guanidine groups is 1. The summed E-state index contributed by atoms with van der Waals surface area (Å²) >= 11 is 0. The smallest absolute Gasteiger partial charge is 0.249 e. The van der Waals surface area contributed by atoms with Gasteiger partial charge in [0.15, 0.2) is 0 Å². The van der Waals surface area contributed by atoms with E-state index in [1.165, 1.54) is 30.3 Å². The number of aliphatic imine (C=N–C) groups is 1. The fourth-order valence-electron chi connectivity index (χ4n) is 3.50. The highest BCUT2D eigenvalue weighted by Gasteiger charge is 2.31. The normalized spacial score (nSPS) is 19.2. The monoisotopic (exact) mass is 413 g/mol. The predicted molar refractivity (Wildman–Crippen MR) is 109 cm³/mol. The molecule has 0 aromatic heterocycles. The van der Waals surface area contributed by atoms with Crippen LogP contribution in [0.15, 0.2) is 53.5 Å². The molecule has 1 fully saturated rings. The van der Waals surface area contributed by atoms with Gasteiger partial charge in [-0.1, -0.05) is 12.1 Å². The van der Waals surface area contributed by atoms with Gasteiger partial charge in [-0.15, -0.1) is 0 Å². The van der Waals surface area contributed by atoms with Gasteiger partial charge in [0.2, 0.25) is 17.8 Å². The number of anilines is 2. The van der Waals surface area contributed by atoms with Gasteiger partial charge in [-0.25, -0.2) is 13.8 Å². The highest BCUT2D eigenvalue weighted by molar-refractivity contribution is 6.06. The Balaban J connectivity index is 1.41. The van der Waals surface area contributed by atoms with Gasteiger partial charge in [0.1, 0.15) is 17.7 Å². The first kappa shape index (κ1) is 19.8. The molecule has 2 heterocycles. The standard InChI is InChI=1S/C21H21F2N5O2/c22-14-5-7-15(8-6-14)27-9-11-28(12-10-27)21-25-18(13-19(29)26-21)20(30)24-17-4-2-1-3-16(17)23/h1-8,18H,9-13H2,(H,24,30)(H,25,26,29)/t18-/m0/s1. The molecule has 2 aliphatic rings. The van der Waals surface area contributed by atoms with Gasteiger partial charge in [0, 0.05) is 31.9 Å². The number of carbonyl (C=O) groups is 2. The lowest BCUT2D eigenvalue weighted by Gasteiger charge is -2.38. The van der Waals surface area contributed by atoms with Gasteiger partial charge in [-0.3, -0.25) is 14.9 Å². The summed E-state index contributed by atoms with van der Waals surface area (Å²) in [6.07, 6.45) is -0.0979. The Labute approximate surface area is 172 Å². The predicted octanol–water partition coefficient (Wildman–Crippen LogP) is 1.97. The molecule has 1 atom stereocenters. The molecular weight excluding hydrogens is 392 g/mol. The highest BCUT2D eigenvalue weighted by Crippen LogP contribution is 2.19. The lowest BCUT2D eigenvalue weighted by Crippen LogP contribution is -2.56. The zero-order valence-electron chi connectivity index (χ0n) is 16.1. The number of para-hydroxylation sites is 1. The van der Waals surface area contributed by atoms with Crippen LogP contribution in [0.3, 0.4) is 0 Å². The summed E-state index contributed by atoms with van der Waals surface area (Å²) < 4.78 is 26.9. The molecule has 2 aromatic carbocycles. The van der Waals surface area contributed by atoms with Crippen molar-refractivity contribution in [2.45, 2.75) is 12.5 Å². The first-order chi connectivity index (χ1) is 14.5. The minimum absolute atomic E-state index is 0.0538. The van der Waals surface area contributed by atoms with Crippen LogP contribution >= 0.6 is 0 Å². The fraction of sp³-hybridized carbons (Fsp3) is 0.286. The number of benzene rings is 2. The average Bonchev–Trinajstić information content (AvgIpc) is 2.75. The first-order valence-electron chi connectivity index (χ1n) is 9.68. The van der Waals surface area contributed by atoms with E-state index in [2.05, 4.69) is 20.5 Å². The Morgan fingerprint density at radius 3 is 2.37 bits per heavy atom. The molecule has 0 bridgehead atoms. The molecule has 0 saturated carbocycles. The molecule has 2 aromatic rings. The minimum Gasteiger partial charge on any atom is -0.368 e. The molecule has 0 aliphatic carbocycles. The van der Waals surface area contributed by atoms with E-state index in [4.69, 9.17) is 0 Å². The molecular formula is C21H21F2N5O2. The second kappa shape index (κ2) is 8.48. The van der Waals surface area contributed by atoms with Crippen LogP contribution in [0.2, 0.25) is 0 Å². The van der Waals surface area contributed by atoms with Crippen LogP contribution in [0.4, 0.5) is 20.2 Å². The van der Waals surface area contributed by atoms with Crippen molar-refractivity contribution < 1.29 is 18.4 Å². The van der Waals surface area contributed by atoms with Crippen LogP contribution in [0.25, 0.3) is 0 Å². The van der Waals surface area contributed by atoms with Crippen molar-refractivity contribution in [1.82, 2.24) is 10.2 Å². The number of halogens is 2. The van der Waals surface area contributed by atoms with E-state index < -0.39 is 17.8 Å². The summed E-state index contributed by atoms with van der Waals surface area (Å²) in [7, 11) is 0. The first-order valence-corrected chi connectivity index (χ1v) is 9.68. The summed E-state index contributed by atoms with van der Waals surface area (Å²) in [6.45, 7) is 2.48. The number of nitrogens with one attached hydrogen (secondary N) is 2. The Hall–Kier alpha value is -3.49. The molecule has 0 spiro atoms. The number of rotatable bonds is 3. The lowest BCUT2D eigenvalue weighted by atomic mass is 10.1. The van der Waals surface area contributed by atoms with Crippen molar-refractivity contribution in [2.24, 2.45) is 4.99 Å². The second-order valence-electron chi connectivity index (χ2n) is 7.14. The van der Waals surface area contributed by atoms with E-state index >= 15 is 0 Å². The Morgan fingerprint density at radius 1 is 1.00 bits per heavy atom. The van der Waals surface area contributed by atoms with E-state index in [0.29, 0.717) is 32.1 Å². The summed E-state index contributed by atoms with van der Waals surface area (Å²) in [6, 6.07) is 11.2. The lowest BCUT2D eigenvalue weighted by molar-refractivity contribution is -0.125. The molecule has 2 N–H and O–H groups in total. The maximum atomic E-state index is 13.8. The van der Waals surface area contributed by atoms with Gasteiger partial charge in [-0.2, -0.15) is 0 Å². The molecule has 2 amide bonds. The third kappa shape index (κ3) is 4.40. The summed E-state index contributed by atoms with van der Waals surface area (Å²) in [5, 5.41) is 5.22. The van der Waals surface area contributed by atoms with Crippen LogP contribution in [0.1, 0.15) is 6.42 Å². The quantitative estimate of drug-likeness (QED) is 0.807. The van der Waals surface area contributed by atoms with Crippen LogP contribution in [-0.2, 0) is 9.59 Å². The topological polar surface area (TPSA) is 77.0 Å². The SMILES string of the molecule is O=C1C[C@@H](C(=O)Nc2ccccc2F)N=C(N2CCN(c3ccc(F)cc3)CC2)N1. The molecule has 9 heteroatoms. The molecule has 30 heavy (non-hydrogen) atoms. The largest absolute Gasteiger partial charge is 0.368 e. The molecule has 0 radical (unpaired) electrons. The third-order valence-electron chi connectivity index (χ3n) is 5.11. The molecule has 0 unspecified atom stereocenters. The summed E-state index contributed by atoms with van der Waals surface area (Å²) in [5.74, 6) is -1.32. The molecule has 4 rings (SSSR count). The van der Waals surface area contributed by atoms with E-state index in [1.54, 1.807) is 18.2 Å². The van der Waals surface area contributed by atoms with Crippen molar-refractivity contribution >= 4 is 29.1 Å². The summed E-state index contributed by atoms with van der Waals surface area (Å²) in [4.78, 5) is 33.1. The Morgan fingerprint density at radius 2 is 1.67 bits per heavy atom. The van der Waals surface area contributed by atoms with Crippen molar-refractivity contribution in [3.63, 3.8) is 0 Å². The van der Waals surface area contributed by atoms with Gasteiger partial charge < -0.3 is 15.1 Å². The van der Waals surface area contributed by atoms with Gasteiger partial charge in [-0.05, 0) is 36.4 Å². The van der Waals surface area contributed by atoms with Crippen molar-refractivity contribution in [2.75, 3.05) is 36.4 Å². The van der Waals surface area contributed by atoms with E-state index in [1.807, 2.05) is 4.90 Å². The molecule has 7 nitrogen and oxygen atoms in total. The van der Waals surface area contributed by atoms with Crippen LogP contribution in [0, 0.1) is 11.6 Å². The zero-order valence-corrected chi connectivity index (χ0v) is 16.1. The number of piperazine rings is 1. The number of nitrogens with zero attached hydrogens (tertiary/aromatic N) is 3. The third-order valence-corrected chi connectivity index (χ3v) is 5.11. The van der Waals surface area contributed by atoms with Crippen molar-refractivity contribution in [3.05, 3.63) is 60.2 Å². The maximum Gasteiger partial charge on any atom is 0.249 e. The number of hydrogen-bond acceptors (Lipinski definition) is 5. The second-order valence-corrected chi connectivity index (χ2v) is 7.14. The van der Waals surface area contributed by atoms with Crippen LogP contribution in [0.5, 0.6) is 0 Å². The van der Waals surface area contributed by atoms with Crippen LogP contribution < -0.4 is 15.5 Å². The van der Waals surface area contributed by atoms with Crippen LogP contribution in [-0.4, -0.2) is 54.9 Å². The van der Waals surface area contributed by atoms with Crippen molar-refractivity contribution in [1.29, 1.82) is 0 Å². The van der Waals surface area contributed by atoms with E-state index in [0.717, 1.165) is 5.69 Å². The molecule has 156 valence electrons. The maximum absolute atomic E-state index is 13.8. The number of amides is 2. The molecule has 2 aliphatic heterocycles. The van der Waals surface area contributed by atoms with Gasteiger partial charge >= 0.3 is 0 Å². The average molecular weight is 413 g/mol. The fourth-order valence-corrected chi connectivity index (χ4v) is 3.50.